The van der Waals surface area contributed by atoms with Crippen molar-refractivity contribution < 1.29 is 8.42 Å². The van der Waals surface area contributed by atoms with Gasteiger partial charge in [0.2, 0.25) is 10.0 Å². The van der Waals surface area contributed by atoms with Gasteiger partial charge in [-0.3, -0.25) is 4.79 Å². The summed E-state index contributed by atoms with van der Waals surface area (Å²) in [6.45, 7) is 4.29. The molecule has 0 amide bonds. The SMILES string of the molecule is Cc1cc2cc(CN(CCc3ccccc3)S(=O)(=O)c3ccccc3)c(=O)[nH]c2cc1C. The lowest BCUT2D eigenvalue weighted by atomic mass is 10.0. The maximum Gasteiger partial charge on any atom is 0.252 e. The molecule has 0 spiro atoms. The van der Waals surface area contributed by atoms with Gasteiger partial charge in [0.05, 0.1) is 4.90 Å². The Morgan fingerprint density at radius 2 is 1.47 bits per heavy atom. The molecule has 0 fully saturated rings. The molecule has 1 heterocycles. The fraction of sp³-hybridized carbons (Fsp3) is 0.192. The van der Waals surface area contributed by atoms with Gasteiger partial charge in [-0.15, -0.1) is 0 Å². The molecule has 0 bridgehead atoms. The number of aryl methyl sites for hydroxylation is 2. The fourth-order valence-electron chi connectivity index (χ4n) is 3.75. The predicted octanol–water partition coefficient (Wildman–Crippen LogP) is 4.58. The molecule has 0 aliphatic rings. The van der Waals surface area contributed by atoms with Gasteiger partial charge >= 0.3 is 0 Å². The van der Waals surface area contributed by atoms with Gasteiger partial charge in [-0.2, -0.15) is 4.31 Å². The van der Waals surface area contributed by atoms with E-state index < -0.39 is 10.0 Å². The Hall–Kier alpha value is -3.22. The minimum atomic E-state index is -3.77. The molecule has 0 saturated carbocycles. The van der Waals surface area contributed by atoms with Crippen LogP contribution in [0.25, 0.3) is 10.9 Å². The minimum absolute atomic E-state index is 0.00224. The number of nitrogens with zero attached hydrogens (tertiary/aromatic N) is 1. The number of benzene rings is 3. The maximum atomic E-state index is 13.4. The molecule has 5 nitrogen and oxygen atoms in total. The molecule has 0 aliphatic heterocycles. The molecule has 0 unspecified atom stereocenters. The predicted molar refractivity (Wildman–Crippen MR) is 128 cm³/mol. The average molecular weight is 447 g/mol. The van der Waals surface area contributed by atoms with E-state index in [9.17, 15) is 13.2 Å². The molecule has 3 aromatic carbocycles. The largest absolute Gasteiger partial charge is 0.322 e. The summed E-state index contributed by atoms with van der Waals surface area (Å²) >= 11 is 0. The first-order chi connectivity index (χ1) is 15.3. The highest BCUT2D eigenvalue weighted by Crippen LogP contribution is 2.21. The number of rotatable bonds is 7. The Bertz CT molecular complexity index is 1400. The van der Waals surface area contributed by atoms with Crippen molar-refractivity contribution in [1.82, 2.24) is 9.29 Å². The summed E-state index contributed by atoms with van der Waals surface area (Å²) in [5, 5.41) is 0.891. The summed E-state index contributed by atoms with van der Waals surface area (Å²) in [7, 11) is -3.77. The first-order valence-corrected chi connectivity index (χ1v) is 12.0. The van der Waals surface area contributed by atoms with Crippen molar-refractivity contribution in [3.05, 3.63) is 111 Å². The second kappa shape index (κ2) is 9.10. The zero-order chi connectivity index (χ0) is 22.7. The number of pyridine rings is 1. The third-order valence-electron chi connectivity index (χ3n) is 5.76. The number of nitrogens with one attached hydrogen (secondary N) is 1. The number of H-pyrrole nitrogens is 1. The van der Waals surface area contributed by atoms with Crippen LogP contribution in [0, 0.1) is 13.8 Å². The van der Waals surface area contributed by atoms with E-state index in [0.29, 0.717) is 12.0 Å². The molecule has 0 atom stereocenters. The van der Waals surface area contributed by atoms with Gasteiger partial charge in [-0.25, -0.2) is 8.42 Å². The van der Waals surface area contributed by atoms with Gasteiger partial charge in [-0.1, -0.05) is 48.5 Å². The van der Waals surface area contributed by atoms with Gasteiger partial charge in [-0.05, 0) is 72.7 Å². The normalized spacial score (nSPS) is 11.8. The highest BCUT2D eigenvalue weighted by molar-refractivity contribution is 7.89. The van der Waals surface area contributed by atoms with Gasteiger partial charge in [0.15, 0.2) is 0 Å². The zero-order valence-electron chi connectivity index (χ0n) is 18.2. The van der Waals surface area contributed by atoms with Gasteiger partial charge in [0.25, 0.3) is 5.56 Å². The van der Waals surface area contributed by atoms with Gasteiger partial charge < -0.3 is 4.98 Å². The van der Waals surface area contributed by atoms with Crippen LogP contribution in [-0.4, -0.2) is 24.3 Å². The summed E-state index contributed by atoms with van der Waals surface area (Å²) in [6, 6.07) is 23.9. The van der Waals surface area contributed by atoms with E-state index in [1.54, 1.807) is 36.4 Å². The Morgan fingerprint density at radius 1 is 0.844 bits per heavy atom. The summed E-state index contributed by atoms with van der Waals surface area (Å²) < 4.78 is 28.3. The Balaban J connectivity index is 1.72. The monoisotopic (exact) mass is 446 g/mol. The van der Waals surface area contributed by atoms with E-state index in [-0.39, 0.29) is 23.5 Å². The summed E-state index contributed by atoms with van der Waals surface area (Å²) in [4.78, 5) is 16.0. The number of sulfonamides is 1. The summed E-state index contributed by atoms with van der Waals surface area (Å²) in [5.41, 5.74) is 4.16. The Labute approximate surface area is 188 Å². The molecule has 1 N–H and O–H groups in total. The van der Waals surface area contributed by atoms with Crippen molar-refractivity contribution in [1.29, 1.82) is 0 Å². The van der Waals surface area contributed by atoms with E-state index in [2.05, 4.69) is 4.98 Å². The first kappa shape index (κ1) is 22.0. The van der Waals surface area contributed by atoms with Crippen LogP contribution in [-0.2, 0) is 23.0 Å². The van der Waals surface area contributed by atoms with Crippen molar-refractivity contribution >= 4 is 20.9 Å². The number of aromatic amines is 1. The van der Waals surface area contributed by atoms with Crippen LogP contribution in [0.2, 0.25) is 0 Å². The Morgan fingerprint density at radius 3 is 2.16 bits per heavy atom. The molecule has 0 aliphatic carbocycles. The lowest BCUT2D eigenvalue weighted by Crippen LogP contribution is -2.34. The number of aromatic nitrogens is 1. The van der Waals surface area contributed by atoms with E-state index in [4.69, 9.17) is 0 Å². The second-order valence-electron chi connectivity index (χ2n) is 8.03. The molecule has 0 saturated heterocycles. The lowest BCUT2D eigenvalue weighted by Gasteiger charge is -2.22. The number of hydrogen-bond acceptors (Lipinski definition) is 3. The third-order valence-corrected chi connectivity index (χ3v) is 7.62. The van der Waals surface area contributed by atoms with Crippen LogP contribution in [0.1, 0.15) is 22.3 Å². The smallest absolute Gasteiger partial charge is 0.252 e. The van der Waals surface area contributed by atoms with E-state index in [1.807, 2.05) is 56.3 Å². The van der Waals surface area contributed by atoms with Crippen molar-refractivity contribution in [3.8, 4) is 0 Å². The molecule has 164 valence electrons. The summed E-state index contributed by atoms with van der Waals surface area (Å²) in [5.74, 6) is 0. The fourth-order valence-corrected chi connectivity index (χ4v) is 5.19. The summed E-state index contributed by atoms with van der Waals surface area (Å²) in [6.07, 6.45) is 0.552. The van der Waals surface area contributed by atoms with Crippen molar-refractivity contribution in [2.24, 2.45) is 0 Å². The molecular weight excluding hydrogens is 420 g/mol. The number of fused-ring (bicyclic) bond motifs is 1. The lowest BCUT2D eigenvalue weighted by molar-refractivity contribution is 0.408. The topological polar surface area (TPSA) is 70.2 Å². The van der Waals surface area contributed by atoms with Crippen LogP contribution < -0.4 is 5.56 Å². The minimum Gasteiger partial charge on any atom is -0.322 e. The molecule has 32 heavy (non-hydrogen) atoms. The van der Waals surface area contributed by atoms with Crippen LogP contribution in [0.5, 0.6) is 0 Å². The van der Waals surface area contributed by atoms with Gasteiger partial charge in [0.1, 0.15) is 0 Å². The molecule has 1 aromatic heterocycles. The number of hydrogen-bond donors (Lipinski definition) is 1. The standard InChI is InChI=1S/C26H26N2O3S/c1-19-15-22-17-23(26(29)27-25(22)16-20(19)2)18-28(14-13-21-9-5-3-6-10-21)32(30,31)24-11-7-4-8-12-24/h3-12,15-17H,13-14,18H2,1-2H3,(H,27,29). The molecule has 4 rings (SSSR count). The molecule has 6 heteroatoms. The van der Waals surface area contributed by atoms with Crippen molar-refractivity contribution in [2.45, 2.75) is 31.7 Å². The molecular formula is C26H26N2O3S. The van der Waals surface area contributed by atoms with Crippen LogP contribution in [0.15, 0.2) is 88.6 Å². The van der Waals surface area contributed by atoms with E-state index in [1.165, 1.54) is 4.31 Å². The third kappa shape index (κ3) is 4.66. The quantitative estimate of drug-likeness (QED) is 0.452. The highest BCUT2D eigenvalue weighted by atomic mass is 32.2. The molecule has 4 aromatic rings. The highest BCUT2D eigenvalue weighted by Gasteiger charge is 2.25. The molecule has 0 radical (unpaired) electrons. The van der Waals surface area contributed by atoms with Crippen LogP contribution in [0.4, 0.5) is 0 Å². The Kier molecular flexibility index (Phi) is 6.26. The van der Waals surface area contributed by atoms with Gasteiger partial charge in [0, 0.05) is 24.2 Å². The van der Waals surface area contributed by atoms with Crippen molar-refractivity contribution in [3.63, 3.8) is 0 Å². The van der Waals surface area contributed by atoms with Crippen molar-refractivity contribution in [2.75, 3.05) is 6.54 Å². The second-order valence-corrected chi connectivity index (χ2v) is 9.97. The van der Waals surface area contributed by atoms with E-state index >= 15 is 0 Å². The average Bonchev–Trinajstić information content (AvgIpc) is 2.79. The maximum absolute atomic E-state index is 13.4. The van der Waals surface area contributed by atoms with Crippen LogP contribution >= 0.6 is 0 Å². The van der Waals surface area contributed by atoms with Crippen LogP contribution in [0.3, 0.4) is 0 Å². The zero-order valence-corrected chi connectivity index (χ0v) is 19.0. The van der Waals surface area contributed by atoms with E-state index in [0.717, 1.165) is 27.6 Å². The first-order valence-electron chi connectivity index (χ1n) is 10.6.